The number of guanidine groups is 1. The van der Waals surface area contributed by atoms with Gasteiger partial charge in [0.05, 0.1) is 19.3 Å². The van der Waals surface area contributed by atoms with Crippen LogP contribution < -0.4 is 25.0 Å². The zero-order valence-electron chi connectivity index (χ0n) is 17.0. The number of nitrogens with one attached hydrogen (secondary N) is 2. The van der Waals surface area contributed by atoms with Gasteiger partial charge in [0, 0.05) is 32.2 Å². The minimum absolute atomic E-state index is 0. The SMILES string of the molecule is CN=C(NCCOc1ccc(F)c(F)c1)NC1CCN(c2ccccc2OC)C1.I. The zero-order chi connectivity index (χ0) is 20.6. The van der Waals surface area contributed by atoms with Gasteiger partial charge in [0.2, 0.25) is 0 Å². The van der Waals surface area contributed by atoms with Crippen LogP contribution >= 0.6 is 24.0 Å². The Labute approximate surface area is 192 Å². The Hall–Kier alpha value is -2.30. The third kappa shape index (κ3) is 6.35. The Morgan fingerprint density at radius 3 is 2.73 bits per heavy atom. The third-order valence-corrected chi connectivity index (χ3v) is 4.73. The summed E-state index contributed by atoms with van der Waals surface area (Å²) in [6, 6.07) is 11.7. The van der Waals surface area contributed by atoms with Gasteiger partial charge in [-0.3, -0.25) is 4.99 Å². The number of halogens is 3. The molecule has 0 aliphatic carbocycles. The Kier molecular flexibility index (Phi) is 9.41. The van der Waals surface area contributed by atoms with Crippen molar-refractivity contribution in [2.24, 2.45) is 4.99 Å². The van der Waals surface area contributed by atoms with E-state index in [2.05, 4.69) is 26.6 Å². The number of methoxy groups -OCH3 is 1. The Morgan fingerprint density at radius 2 is 2.00 bits per heavy atom. The summed E-state index contributed by atoms with van der Waals surface area (Å²) in [5.74, 6) is 0.0141. The molecule has 3 rings (SSSR count). The van der Waals surface area contributed by atoms with Gasteiger partial charge in [0.1, 0.15) is 18.1 Å². The van der Waals surface area contributed by atoms with Crippen LogP contribution in [0.1, 0.15) is 6.42 Å². The van der Waals surface area contributed by atoms with Crippen LogP contribution in [0.5, 0.6) is 11.5 Å². The van der Waals surface area contributed by atoms with Crippen molar-refractivity contribution >= 4 is 35.6 Å². The van der Waals surface area contributed by atoms with Gasteiger partial charge in [-0.2, -0.15) is 0 Å². The molecular formula is C21H27F2IN4O2. The predicted molar refractivity (Wildman–Crippen MR) is 125 cm³/mol. The number of hydrogen-bond donors (Lipinski definition) is 2. The average molecular weight is 532 g/mol. The highest BCUT2D eigenvalue weighted by Crippen LogP contribution is 2.30. The summed E-state index contributed by atoms with van der Waals surface area (Å²) >= 11 is 0. The fraction of sp³-hybridized carbons (Fsp3) is 0.381. The largest absolute Gasteiger partial charge is 0.495 e. The lowest BCUT2D eigenvalue weighted by molar-refractivity contribution is 0.318. The predicted octanol–water partition coefficient (Wildman–Crippen LogP) is 3.41. The minimum Gasteiger partial charge on any atom is -0.495 e. The molecule has 30 heavy (non-hydrogen) atoms. The molecule has 0 saturated carbocycles. The number of nitrogens with zero attached hydrogens (tertiary/aromatic N) is 2. The number of anilines is 1. The van der Waals surface area contributed by atoms with Gasteiger partial charge in [0.15, 0.2) is 17.6 Å². The second-order valence-electron chi connectivity index (χ2n) is 6.67. The smallest absolute Gasteiger partial charge is 0.191 e. The van der Waals surface area contributed by atoms with Crippen LogP contribution in [-0.2, 0) is 0 Å². The number of benzene rings is 2. The Bertz CT molecular complexity index is 854. The van der Waals surface area contributed by atoms with Gasteiger partial charge in [-0.25, -0.2) is 8.78 Å². The van der Waals surface area contributed by atoms with Crippen molar-refractivity contribution in [1.82, 2.24) is 10.6 Å². The number of para-hydroxylation sites is 2. The van der Waals surface area contributed by atoms with Gasteiger partial charge in [-0.15, -0.1) is 24.0 Å². The second-order valence-corrected chi connectivity index (χ2v) is 6.67. The van der Waals surface area contributed by atoms with E-state index in [4.69, 9.17) is 9.47 Å². The molecule has 1 fully saturated rings. The fourth-order valence-corrected chi connectivity index (χ4v) is 3.28. The molecule has 9 heteroatoms. The van der Waals surface area contributed by atoms with E-state index in [0.717, 1.165) is 43.1 Å². The van der Waals surface area contributed by atoms with Crippen LogP contribution in [0, 0.1) is 11.6 Å². The first kappa shape index (κ1) is 24.0. The summed E-state index contributed by atoms with van der Waals surface area (Å²) in [4.78, 5) is 6.53. The lowest BCUT2D eigenvalue weighted by Gasteiger charge is -2.22. The molecule has 0 amide bonds. The molecule has 164 valence electrons. The lowest BCUT2D eigenvalue weighted by Crippen LogP contribution is -2.45. The van der Waals surface area contributed by atoms with E-state index in [-0.39, 0.29) is 35.8 Å². The van der Waals surface area contributed by atoms with E-state index in [9.17, 15) is 8.78 Å². The van der Waals surface area contributed by atoms with E-state index < -0.39 is 11.6 Å². The molecule has 6 nitrogen and oxygen atoms in total. The highest BCUT2D eigenvalue weighted by atomic mass is 127. The first-order chi connectivity index (χ1) is 14.1. The first-order valence-corrected chi connectivity index (χ1v) is 9.53. The first-order valence-electron chi connectivity index (χ1n) is 9.53. The Balaban J connectivity index is 0.00000320. The van der Waals surface area contributed by atoms with Crippen molar-refractivity contribution in [1.29, 1.82) is 0 Å². The molecule has 0 spiro atoms. The molecule has 1 aliphatic heterocycles. The molecule has 1 atom stereocenters. The second kappa shape index (κ2) is 11.8. The zero-order valence-corrected chi connectivity index (χ0v) is 19.4. The topological polar surface area (TPSA) is 58.1 Å². The summed E-state index contributed by atoms with van der Waals surface area (Å²) < 4.78 is 37.0. The van der Waals surface area contributed by atoms with Gasteiger partial charge in [0.25, 0.3) is 0 Å². The lowest BCUT2D eigenvalue weighted by atomic mass is 10.2. The van der Waals surface area contributed by atoms with Gasteiger partial charge in [-0.05, 0) is 30.7 Å². The monoisotopic (exact) mass is 532 g/mol. The van der Waals surface area contributed by atoms with Crippen molar-refractivity contribution < 1.29 is 18.3 Å². The van der Waals surface area contributed by atoms with E-state index in [0.29, 0.717) is 19.1 Å². The van der Waals surface area contributed by atoms with E-state index >= 15 is 0 Å². The maximum Gasteiger partial charge on any atom is 0.191 e. The number of ether oxygens (including phenoxy) is 2. The van der Waals surface area contributed by atoms with E-state index in [1.807, 2.05) is 18.2 Å². The van der Waals surface area contributed by atoms with Gasteiger partial charge >= 0.3 is 0 Å². The molecule has 1 aliphatic rings. The normalized spacial score (nSPS) is 16.1. The van der Waals surface area contributed by atoms with Crippen LogP contribution in [0.4, 0.5) is 14.5 Å². The molecule has 0 radical (unpaired) electrons. The average Bonchev–Trinajstić information content (AvgIpc) is 3.21. The van der Waals surface area contributed by atoms with Crippen LogP contribution in [-0.4, -0.2) is 52.4 Å². The molecule has 0 aromatic heterocycles. The van der Waals surface area contributed by atoms with Gasteiger partial charge in [-0.1, -0.05) is 12.1 Å². The summed E-state index contributed by atoms with van der Waals surface area (Å²) in [7, 11) is 3.39. The highest BCUT2D eigenvalue weighted by molar-refractivity contribution is 14.0. The van der Waals surface area contributed by atoms with E-state index in [1.165, 1.54) is 6.07 Å². The molecule has 1 unspecified atom stereocenters. The molecule has 0 bridgehead atoms. The number of rotatable bonds is 7. The third-order valence-electron chi connectivity index (χ3n) is 4.73. The fourth-order valence-electron chi connectivity index (χ4n) is 3.28. The molecule has 2 aromatic carbocycles. The molecular weight excluding hydrogens is 505 g/mol. The van der Waals surface area contributed by atoms with Crippen molar-refractivity contribution in [2.45, 2.75) is 12.5 Å². The minimum atomic E-state index is -0.922. The Morgan fingerprint density at radius 1 is 1.20 bits per heavy atom. The van der Waals surface area contributed by atoms with Crippen LogP contribution in [0.3, 0.4) is 0 Å². The maximum atomic E-state index is 13.2. The summed E-state index contributed by atoms with van der Waals surface area (Å²) in [5, 5.41) is 6.58. The molecule has 2 aromatic rings. The van der Waals surface area contributed by atoms with Crippen molar-refractivity contribution in [2.75, 3.05) is 45.3 Å². The van der Waals surface area contributed by atoms with Crippen LogP contribution in [0.15, 0.2) is 47.5 Å². The molecule has 2 N–H and O–H groups in total. The van der Waals surface area contributed by atoms with Crippen LogP contribution in [0.2, 0.25) is 0 Å². The number of aliphatic imine (C=N–C) groups is 1. The van der Waals surface area contributed by atoms with Crippen molar-refractivity contribution in [3.8, 4) is 11.5 Å². The van der Waals surface area contributed by atoms with Crippen molar-refractivity contribution in [3.63, 3.8) is 0 Å². The molecule has 1 saturated heterocycles. The quantitative estimate of drug-likeness (QED) is 0.248. The van der Waals surface area contributed by atoms with Crippen LogP contribution in [0.25, 0.3) is 0 Å². The highest BCUT2D eigenvalue weighted by Gasteiger charge is 2.25. The van der Waals surface area contributed by atoms with E-state index in [1.54, 1.807) is 14.2 Å². The maximum absolute atomic E-state index is 13.2. The summed E-state index contributed by atoms with van der Waals surface area (Å²) in [6.45, 7) is 2.53. The summed E-state index contributed by atoms with van der Waals surface area (Å²) in [6.07, 6.45) is 0.976. The standard InChI is InChI=1S/C21H26F2N4O2.HI/c1-24-21(25-10-12-29-16-7-8-17(22)18(23)13-16)26-15-9-11-27(14-15)19-5-3-4-6-20(19)28-2;/h3-8,13,15H,9-12,14H2,1-2H3,(H2,24,25,26);1H. The molecule has 1 heterocycles. The number of hydrogen-bond acceptors (Lipinski definition) is 4. The van der Waals surface area contributed by atoms with Crippen molar-refractivity contribution in [3.05, 3.63) is 54.1 Å². The summed E-state index contributed by atoms with van der Waals surface area (Å²) in [5.41, 5.74) is 1.09. The van der Waals surface area contributed by atoms with Gasteiger partial charge < -0.3 is 25.0 Å².